The highest BCUT2D eigenvalue weighted by Gasteiger charge is 2.41. The predicted molar refractivity (Wildman–Crippen MR) is 111 cm³/mol. The third-order valence-electron chi connectivity index (χ3n) is 6.78. The van der Waals surface area contributed by atoms with Crippen LogP contribution in [0.25, 0.3) is 33.1 Å². The van der Waals surface area contributed by atoms with E-state index < -0.39 is 0 Å². The molecule has 0 nitrogen and oxygen atoms in total. The molecule has 0 unspecified atom stereocenters. The molecule has 2 aromatic rings. The molecule has 0 aliphatic heterocycles. The summed E-state index contributed by atoms with van der Waals surface area (Å²) in [6, 6.07) is 0. The van der Waals surface area contributed by atoms with Crippen LogP contribution in [0.4, 0.5) is 0 Å². The second-order valence-electron chi connectivity index (χ2n) is 8.89. The predicted octanol–water partition coefficient (Wildman–Crippen LogP) is 6.66. The van der Waals surface area contributed by atoms with Gasteiger partial charge in [0.05, 0.1) is 0 Å². The van der Waals surface area contributed by atoms with E-state index in [4.69, 9.17) is 0 Å². The largest absolute Gasteiger partial charge is 0.0905 e. The van der Waals surface area contributed by atoms with Gasteiger partial charge < -0.3 is 0 Å². The van der Waals surface area contributed by atoms with Crippen LogP contribution in [0.1, 0.15) is 58.4 Å². The van der Waals surface area contributed by atoms with Crippen molar-refractivity contribution in [1.29, 1.82) is 0 Å². The zero-order valence-electron chi connectivity index (χ0n) is 15.7. The molecular weight excluding hydrogens is 300 g/mol. The highest BCUT2D eigenvalue weighted by molar-refractivity contribution is 6.31. The van der Waals surface area contributed by atoms with Gasteiger partial charge in [0.2, 0.25) is 0 Å². The topological polar surface area (TPSA) is 0 Å². The molecule has 0 saturated carbocycles. The Morgan fingerprint density at radius 1 is 0.600 bits per heavy atom. The lowest BCUT2D eigenvalue weighted by Gasteiger charge is -2.15. The standard InChI is InChI=1S/C25H24/c1-11-12(2)20-14(4)16(6)22-18-10-25(7,8)9-17(18)21-15(5)13(3)19(11)23(21)24(20)22/h3-6,9-10H2,1-2,7-8H3. The van der Waals surface area contributed by atoms with Gasteiger partial charge in [-0.05, 0) is 110 Å². The highest BCUT2D eigenvalue weighted by Crippen LogP contribution is 2.59. The fraction of sp³-hybridized carbons (Fsp3) is 0.280. The maximum absolute atomic E-state index is 4.44. The van der Waals surface area contributed by atoms with Crippen LogP contribution in [0.5, 0.6) is 0 Å². The quantitative estimate of drug-likeness (QED) is 0.508. The Morgan fingerprint density at radius 3 is 1.28 bits per heavy atom. The molecule has 0 saturated heterocycles. The van der Waals surface area contributed by atoms with Crippen LogP contribution >= 0.6 is 0 Å². The first kappa shape index (κ1) is 15.0. The Kier molecular flexibility index (Phi) is 2.44. The number of allylic oxidation sites excluding steroid dienone is 4. The van der Waals surface area contributed by atoms with Gasteiger partial charge in [0.15, 0.2) is 0 Å². The van der Waals surface area contributed by atoms with Crippen molar-refractivity contribution < 1.29 is 0 Å². The highest BCUT2D eigenvalue weighted by atomic mass is 14.4. The summed E-state index contributed by atoms with van der Waals surface area (Å²) in [7, 11) is 0. The normalized spacial score (nSPS) is 19.5. The number of hydrogen-bond donors (Lipinski definition) is 0. The fourth-order valence-electron chi connectivity index (χ4n) is 5.54. The van der Waals surface area contributed by atoms with E-state index in [9.17, 15) is 0 Å². The van der Waals surface area contributed by atoms with Gasteiger partial charge in [-0.15, -0.1) is 0 Å². The first-order chi connectivity index (χ1) is 11.7. The van der Waals surface area contributed by atoms with Gasteiger partial charge in [-0.25, -0.2) is 0 Å². The molecule has 0 spiro atoms. The van der Waals surface area contributed by atoms with Gasteiger partial charge in [0.25, 0.3) is 0 Å². The van der Waals surface area contributed by atoms with E-state index in [0.717, 1.165) is 35.1 Å². The van der Waals surface area contributed by atoms with Crippen molar-refractivity contribution in [3.05, 3.63) is 70.8 Å². The van der Waals surface area contributed by atoms with Crippen molar-refractivity contribution in [2.75, 3.05) is 0 Å². The van der Waals surface area contributed by atoms with E-state index in [1.54, 1.807) is 0 Å². The van der Waals surface area contributed by atoms with Gasteiger partial charge >= 0.3 is 0 Å². The minimum Gasteiger partial charge on any atom is -0.0905 e. The summed E-state index contributed by atoms with van der Waals surface area (Å²) in [5.74, 6) is 0. The molecule has 0 amide bonds. The molecule has 3 aliphatic carbocycles. The molecule has 0 bridgehead atoms. The lowest BCUT2D eigenvalue weighted by molar-refractivity contribution is 0.392. The molecule has 0 radical (unpaired) electrons. The van der Waals surface area contributed by atoms with Crippen molar-refractivity contribution in [3.63, 3.8) is 0 Å². The lowest BCUT2D eigenvalue weighted by Crippen LogP contribution is -2.10. The maximum atomic E-state index is 4.44. The zero-order chi connectivity index (χ0) is 18.0. The Hall–Kier alpha value is -2.34. The van der Waals surface area contributed by atoms with Crippen molar-refractivity contribution in [1.82, 2.24) is 0 Å². The van der Waals surface area contributed by atoms with Crippen LogP contribution in [0.2, 0.25) is 0 Å². The van der Waals surface area contributed by atoms with Crippen LogP contribution in [0.15, 0.2) is 26.3 Å². The zero-order valence-corrected chi connectivity index (χ0v) is 15.7. The summed E-state index contributed by atoms with van der Waals surface area (Å²) in [5, 5.41) is 2.75. The van der Waals surface area contributed by atoms with E-state index in [2.05, 4.69) is 54.0 Å². The number of hydrogen-bond acceptors (Lipinski definition) is 0. The lowest BCUT2D eigenvalue weighted by atomic mass is 9.88. The van der Waals surface area contributed by atoms with Crippen LogP contribution < -0.4 is 0 Å². The second kappa shape index (κ2) is 4.07. The molecule has 0 aromatic heterocycles. The van der Waals surface area contributed by atoms with Crippen LogP contribution in [0.3, 0.4) is 0 Å². The van der Waals surface area contributed by atoms with E-state index >= 15 is 0 Å². The van der Waals surface area contributed by atoms with Gasteiger partial charge in [-0.1, -0.05) is 40.2 Å². The minimum absolute atomic E-state index is 0.283. The molecule has 0 N–H and O–H groups in total. The molecule has 0 fully saturated rings. The van der Waals surface area contributed by atoms with E-state index in [1.807, 2.05) is 0 Å². The Bertz CT molecular complexity index is 1040. The van der Waals surface area contributed by atoms with Crippen LogP contribution in [-0.4, -0.2) is 0 Å². The molecule has 3 aliphatic rings. The van der Waals surface area contributed by atoms with Crippen molar-refractivity contribution >= 4 is 33.1 Å². The van der Waals surface area contributed by atoms with Gasteiger partial charge in [0, 0.05) is 0 Å². The smallest absolute Gasteiger partial charge is 0.000847 e. The van der Waals surface area contributed by atoms with Crippen molar-refractivity contribution in [3.8, 4) is 0 Å². The number of rotatable bonds is 0. The molecular formula is C25H24. The van der Waals surface area contributed by atoms with Gasteiger partial charge in [-0.3, -0.25) is 0 Å². The average Bonchev–Trinajstić information content (AvgIpc) is 3.08. The van der Waals surface area contributed by atoms with E-state index in [0.29, 0.717) is 0 Å². The summed E-state index contributed by atoms with van der Waals surface area (Å²) in [6.45, 7) is 26.9. The Labute approximate surface area is 150 Å². The van der Waals surface area contributed by atoms with Gasteiger partial charge in [-0.2, -0.15) is 0 Å². The maximum Gasteiger partial charge on any atom is -0.000847 e. The monoisotopic (exact) mass is 324 g/mol. The minimum atomic E-state index is 0.283. The number of benzene rings is 2. The first-order valence-corrected chi connectivity index (χ1v) is 9.08. The molecule has 2 aromatic carbocycles. The molecule has 0 heterocycles. The Morgan fingerprint density at radius 2 is 0.920 bits per heavy atom. The van der Waals surface area contributed by atoms with Gasteiger partial charge in [0.1, 0.15) is 0 Å². The van der Waals surface area contributed by atoms with E-state index in [-0.39, 0.29) is 5.41 Å². The fourth-order valence-corrected chi connectivity index (χ4v) is 5.54. The third-order valence-corrected chi connectivity index (χ3v) is 6.78. The summed E-state index contributed by atoms with van der Waals surface area (Å²) in [5.41, 5.74) is 15.7. The number of fused-ring (bicyclic) bond motifs is 3. The summed E-state index contributed by atoms with van der Waals surface area (Å²) in [6.07, 6.45) is 2.21. The second-order valence-corrected chi connectivity index (χ2v) is 8.89. The molecule has 124 valence electrons. The van der Waals surface area contributed by atoms with Crippen LogP contribution in [0, 0.1) is 19.3 Å². The SMILES string of the molecule is C=C1C(=C)c2c3c(c4c5c(c(C)c(C)c1c25)C(=C)C4=C)CC(C)(C)C3. The Balaban J connectivity index is 2.13. The molecule has 25 heavy (non-hydrogen) atoms. The molecule has 5 rings (SSSR count). The van der Waals surface area contributed by atoms with Crippen molar-refractivity contribution in [2.24, 2.45) is 5.41 Å². The summed E-state index contributed by atoms with van der Waals surface area (Å²) in [4.78, 5) is 0. The average molecular weight is 324 g/mol. The summed E-state index contributed by atoms with van der Waals surface area (Å²) >= 11 is 0. The third kappa shape index (κ3) is 1.46. The van der Waals surface area contributed by atoms with Crippen molar-refractivity contribution in [2.45, 2.75) is 40.5 Å². The molecule has 0 atom stereocenters. The summed E-state index contributed by atoms with van der Waals surface area (Å²) < 4.78 is 0. The molecule has 0 heteroatoms. The van der Waals surface area contributed by atoms with E-state index in [1.165, 1.54) is 55.3 Å². The van der Waals surface area contributed by atoms with Crippen LogP contribution in [-0.2, 0) is 12.8 Å². The first-order valence-electron chi connectivity index (χ1n) is 9.08.